The zero-order valence-corrected chi connectivity index (χ0v) is 13.9. The van der Waals surface area contributed by atoms with Gasteiger partial charge in [-0.3, -0.25) is 14.7 Å². The van der Waals surface area contributed by atoms with Gasteiger partial charge in [0.1, 0.15) is 0 Å². The van der Waals surface area contributed by atoms with Gasteiger partial charge in [-0.15, -0.1) is 0 Å². The maximum absolute atomic E-state index is 12.1. The van der Waals surface area contributed by atoms with E-state index < -0.39 is 0 Å². The molecule has 0 bridgehead atoms. The van der Waals surface area contributed by atoms with Crippen molar-refractivity contribution in [3.8, 4) is 0 Å². The minimum Gasteiger partial charge on any atom is -0.352 e. The average molecular weight is 347 g/mol. The number of amides is 2. The highest BCUT2D eigenvalue weighted by Gasteiger charge is 2.30. The van der Waals surface area contributed by atoms with Crippen LogP contribution in [0.15, 0.2) is 30.3 Å². The van der Waals surface area contributed by atoms with E-state index in [4.69, 9.17) is 11.6 Å². The molecule has 126 valence electrons. The quantitative estimate of drug-likeness (QED) is 0.719. The van der Waals surface area contributed by atoms with E-state index in [1.165, 1.54) is 0 Å². The van der Waals surface area contributed by atoms with Gasteiger partial charge in [-0.1, -0.05) is 41.9 Å². The number of benzene rings is 1. The molecule has 6 nitrogen and oxygen atoms in total. The summed E-state index contributed by atoms with van der Waals surface area (Å²) in [7, 11) is 0. The molecule has 2 aromatic rings. The summed E-state index contributed by atoms with van der Waals surface area (Å²) in [5.74, 6) is -0.0831. The number of hydrogen-bond acceptors (Lipinski definition) is 3. The third-order valence-electron chi connectivity index (χ3n) is 3.90. The predicted molar refractivity (Wildman–Crippen MR) is 90.8 cm³/mol. The summed E-state index contributed by atoms with van der Waals surface area (Å²) in [6, 6.07) is 9.66. The van der Waals surface area contributed by atoms with Crippen molar-refractivity contribution in [2.24, 2.45) is 0 Å². The molecule has 1 aromatic heterocycles. The first-order valence-electron chi connectivity index (χ1n) is 7.97. The second kappa shape index (κ2) is 7.49. The largest absolute Gasteiger partial charge is 0.352 e. The van der Waals surface area contributed by atoms with Crippen LogP contribution < -0.4 is 10.6 Å². The second-order valence-electron chi connectivity index (χ2n) is 5.84. The van der Waals surface area contributed by atoms with Crippen LogP contribution in [0.3, 0.4) is 0 Å². The van der Waals surface area contributed by atoms with Gasteiger partial charge in [0.2, 0.25) is 5.91 Å². The van der Waals surface area contributed by atoms with Crippen molar-refractivity contribution in [2.75, 3.05) is 6.54 Å². The van der Waals surface area contributed by atoms with Gasteiger partial charge in [0.15, 0.2) is 5.69 Å². The molecular weight excluding hydrogens is 328 g/mol. The molecule has 24 heavy (non-hydrogen) atoms. The number of rotatable bonds is 7. The average Bonchev–Trinajstić information content (AvgIpc) is 3.36. The number of carbonyl (C=O) groups excluding carboxylic acids is 2. The molecule has 7 heteroatoms. The van der Waals surface area contributed by atoms with Crippen LogP contribution in [0.5, 0.6) is 0 Å². The van der Waals surface area contributed by atoms with Gasteiger partial charge in [0, 0.05) is 25.4 Å². The smallest absolute Gasteiger partial charge is 0.273 e. The van der Waals surface area contributed by atoms with E-state index in [1.54, 1.807) is 0 Å². The van der Waals surface area contributed by atoms with E-state index in [0.717, 1.165) is 24.1 Å². The maximum Gasteiger partial charge on any atom is 0.273 e. The van der Waals surface area contributed by atoms with Crippen LogP contribution in [-0.4, -0.2) is 28.6 Å². The highest BCUT2D eigenvalue weighted by Crippen LogP contribution is 2.42. The summed E-state index contributed by atoms with van der Waals surface area (Å²) < 4.78 is 0. The summed E-state index contributed by atoms with van der Waals surface area (Å²) in [5.41, 5.74) is 2.07. The molecule has 3 N–H and O–H groups in total. The Morgan fingerprint density at radius 3 is 2.67 bits per heavy atom. The standard InChI is InChI=1S/C17H19ClN4O2/c18-14-15(12-6-7-12)21-22-16(14)17(24)19-9-8-13(23)20-10-11-4-2-1-3-5-11/h1-5,12H,6-10H2,(H,19,24)(H,20,23)(H,21,22). The third kappa shape index (κ3) is 4.14. The molecule has 0 aliphatic heterocycles. The molecule has 1 heterocycles. The Kier molecular flexibility index (Phi) is 5.15. The first-order chi connectivity index (χ1) is 11.6. The number of aromatic nitrogens is 2. The lowest BCUT2D eigenvalue weighted by molar-refractivity contribution is -0.121. The molecule has 0 unspecified atom stereocenters. The lowest BCUT2D eigenvalue weighted by atomic mass is 10.2. The molecule has 1 aromatic carbocycles. The molecule has 0 radical (unpaired) electrons. The number of halogens is 1. The monoisotopic (exact) mass is 346 g/mol. The van der Waals surface area contributed by atoms with Crippen molar-refractivity contribution in [2.45, 2.75) is 31.7 Å². The van der Waals surface area contributed by atoms with Gasteiger partial charge in [0.05, 0.1) is 10.7 Å². The molecule has 1 fully saturated rings. The lowest BCUT2D eigenvalue weighted by Gasteiger charge is -2.06. The summed E-state index contributed by atoms with van der Waals surface area (Å²) in [5, 5.41) is 12.7. The molecule has 1 aliphatic carbocycles. The fraction of sp³-hybridized carbons (Fsp3) is 0.353. The SMILES string of the molecule is O=C(CCNC(=O)c1n[nH]c(C2CC2)c1Cl)NCc1ccccc1. The van der Waals surface area contributed by atoms with Gasteiger partial charge >= 0.3 is 0 Å². The van der Waals surface area contributed by atoms with Crippen LogP contribution in [0.2, 0.25) is 5.02 Å². The van der Waals surface area contributed by atoms with Gasteiger partial charge in [-0.25, -0.2) is 0 Å². The maximum atomic E-state index is 12.1. The Hall–Kier alpha value is -2.34. The third-order valence-corrected chi connectivity index (χ3v) is 4.29. The number of hydrogen-bond donors (Lipinski definition) is 3. The van der Waals surface area contributed by atoms with Crippen molar-refractivity contribution < 1.29 is 9.59 Å². The first-order valence-corrected chi connectivity index (χ1v) is 8.35. The van der Waals surface area contributed by atoms with Crippen molar-refractivity contribution in [1.82, 2.24) is 20.8 Å². The lowest BCUT2D eigenvalue weighted by Crippen LogP contribution is -2.30. The predicted octanol–water partition coefficient (Wildman–Crippen LogP) is 2.38. The molecule has 0 saturated heterocycles. The number of aromatic amines is 1. The van der Waals surface area contributed by atoms with Gasteiger partial charge in [-0.05, 0) is 18.4 Å². The fourth-order valence-corrected chi connectivity index (χ4v) is 2.72. The van der Waals surface area contributed by atoms with Gasteiger partial charge in [0.25, 0.3) is 5.91 Å². The second-order valence-corrected chi connectivity index (χ2v) is 6.22. The molecule has 3 rings (SSSR count). The van der Waals surface area contributed by atoms with E-state index in [1.807, 2.05) is 30.3 Å². The summed E-state index contributed by atoms with van der Waals surface area (Å²) in [6.07, 6.45) is 2.35. The molecule has 1 saturated carbocycles. The number of H-pyrrole nitrogens is 1. The van der Waals surface area contributed by atoms with E-state index in [0.29, 0.717) is 17.5 Å². The number of carbonyl (C=O) groups is 2. The van der Waals surface area contributed by atoms with Crippen molar-refractivity contribution in [3.63, 3.8) is 0 Å². The minimum absolute atomic E-state index is 0.119. The zero-order valence-electron chi connectivity index (χ0n) is 13.1. The molecular formula is C17H19ClN4O2. The normalized spacial score (nSPS) is 13.5. The Balaban J connectivity index is 1.41. The topological polar surface area (TPSA) is 86.9 Å². The summed E-state index contributed by atoms with van der Waals surface area (Å²) in [4.78, 5) is 23.9. The van der Waals surface area contributed by atoms with E-state index in [9.17, 15) is 9.59 Å². The Labute approximate surface area is 145 Å². The minimum atomic E-state index is -0.362. The van der Waals surface area contributed by atoms with Gasteiger partial charge in [-0.2, -0.15) is 5.10 Å². The van der Waals surface area contributed by atoms with Crippen molar-refractivity contribution >= 4 is 23.4 Å². The van der Waals surface area contributed by atoms with Crippen LogP contribution in [0.25, 0.3) is 0 Å². The van der Waals surface area contributed by atoms with Crippen LogP contribution in [-0.2, 0) is 11.3 Å². The highest BCUT2D eigenvalue weighted by atomic mass is 35.5. The van der Waals surface area contributed by atoms with E-state index >= 15 is 0 Å². The van der Waals surface area contributed by atoms with Crippen LogP contribution >= 0.6 is 11.6 Å². The molecule has 2 amide bonds. The van der Waals surface area contributed by atoms with Crippen LogP contribution in [0, 0.1) is 0 Å². The fourth-order valence-electron chi connectivity index (χ4n) is 2.39. The number of nitrogens with zero attached hydrogens (tertiary/aromatic N) is 1. The van der Waals surface area contributed by atoms with Crippen LogP contribution in [0.1, 0.15) is 46.9 Å². The summed E-state index contributed by atoms with van der Waals surface area (Å²) >= 11 is 6.18. The van der Waals surface area contributed by atoms with Gasteiger partial charge < -0.3 is 10.6 Å². The summed E-state index contributed by atoms with van der Waals surface area (Å²) in [6.45, 7) is 0.713. The molecule has 1 aliphatic rings. The van der Waals surface area contributed by atoms with Crippen LogP contribution in [0.4, 0.5) is 0 Å². The molecule has 0 spiro atoms. The Morgan fingerprint density at radius 2 is 1.96 bits per heavy atom. The van der Waals surface area contributed by atoms with E-state index in [-0.39, 0.29) is 30.5 Å². The Morgan fingerprint density at radius 1 is 1.21 bits per heavy atom. The first kappa shape index (κ1) is 16.5. The zero-order chi connectivity index (χ0) is 16.9. The highest BCUT2D eigenvalue weighted by molar-refractivity contribution is 6.34. The Bertz CT molecular complexity index is 725. The van der Waals surface area contributed by atoms with Crippen molar-refractivity contribution in [1.29, 1.82) is 0 Å². The molecule has 0 atom stereocenters. The van der Waals surface area contributed by atoms with Crippen molar-refractivity contribution in [3.05, 3.63) is 52.3 Å². The van der Waals surface area contributed by atoms with E-state index in [2.05, 4.69) is 20.8 Å². The number of nitrogens with one attached hydrogen (secondary N) is 3.